The van der Waals surface area contributed by atoms with E-state index >= 15 is 0 Å². The van der Waals surface area contributed by atoms with Crippen molar-refractivity contribution >= 4 is 14.3 Å². The fourth-order valence-corrected chi connectivity index (χ4v) is 2.57. The highest BCUT2D eigenvalue weighted by molar-refractivity contribution is 6.74. The minimum absolute atomic E-state index is 0.127. The van der Waals surface area contributed by atoms with Crippen molar-refractivity contribution in [3.63, 3.8) is 0 Å². The van der Waals surface area contributed by atoms with Crippen LogP contribution in [0.3, 0.4) is 0 Å². The maximum Gasteiger partial charge on any atom is 0.338 e. The van der Waals surface area contributed by atoms with E-state index in [0.717, 1.165) is 5.69 Å². The van der Waals surface area contributed by atoms with Crippen LogP contribution in [0.15, 0.2) is 12.1 Å². The van der Waals surface area contributed by atoms with Crippen LogP contribution in [0.25, 0.3) is 0 Å². The fraction of sp³-hybridized carbons (Fsp3) is 0.625. The molecule has 0 aliphatic carbocycles. The minimum atomic E-state index is -1.86. The third kappa shape index (κ3) is 4.90. The molecular formula is C16H28N2O3Si. The Morgan fingerprint density at radius 2 is 1.86 bits per heavy atom. The molecule has 0 fully saturated rings. The van der Waals surface area contributed by atoms with Crippen molar-refractivity contribution in [1.29, 1.82) is 0 Å². The molecule has 0 bridgehead atoms. The normalized spacial score (nSPS) is 12.3. The van der Waals surface area contributed by atoms with E-state index < -0.39 is 8.32 Å². The van der Waals surface area contributed by atoms with Crippen LogP contribution in [0.2, 0.25) is 18.1 Å². The van der Waals surface area contributed by atoms with Crippen molar-refractivity contribution in [2.75, 3.05) is 6.61 Å². The van der Waals surface area contributed by atoms with Gasteiger partial charge in [-0.2, -0.15) is 0 Å². The first-order valence-corrected chi connectivity index (χ1v) is 10.5. The van der Waals surface area contributed by atoms with Crippen LogP contribution >= 0.6 is 0 Å². The summed E-state index contributed by atoms with van der Waals surface area (Å²) >= 11 is 0. The summed E-state index contributed by atoms with van der Waals surface area (Å²) in [6.45, 7) is 13.7. The zero-order chi connectivity index (χ0) is 17.0. The van der Waals surface area contributed by atoms with Gasteiger partial charge in [0.15, 0.2) is 8.32 Å². The number of esters is 1. The Labute approximate surface area is 134 Å². The van der Waals surface area contributed by atoms with Crippen molar-refractivity contribution in [2.45, 2.75) is 59.0 Å². The molecule has 5 nitrogen and oxygen atoms in total. The highest BCUT2D eigenvalue weighted by Crippen LogP contribution is 2.37. The molecule has 0 atom stereocenters. The molecule has 1 heterocycles. The van der Waals surface area contributed by atoms with Crippen LogP contribution in [-0.4, -0.2) is 25.9 Å². The first kappa shape index (κ1) is 18.8. The van der Waals surface area contributed by atoms with Crippen molar-refractivity contribution in [3.05, 3.63) is 29.1 Å². The van der Waals surface area contributed by atoms with Crippen LogP contribution in [-0.2, 0) is 22.3 Å². The monoisotopic (exact) mass is 324 g/mol. The van der Waals surface area contributed by atoms with E-state index in [2.05, 4.69) is 38.8 Å². The second-order valence-corrected chi connectivity index (χ2v) is 11.6. The number of ether oxygens (including phenoxy) is 1. The molecule has 0 aliphatic heterocycles. The quantitative estimate of drug-likeness (QED) is 0.642. The van der Waals surface area contributed by atoms with Gasteiger partial charge >= 0.3 is 5.97 Å². The highest BCUT2D eigenvalue weighted by atomic mass is 28.4. The molecule has 0 saturated carbocycles. The molecule has 0 aromatic carbocycles. The average Bonchev–Trinajstić information content (AvgIpc) is 2.44. The van der Waals surface area contributed by atoms with Crippen molar-refractivity contribution in [3.8, 4) is 0 Å². The predicted molar refractivity (Wildman–Crippen MR) is 90.1 cm³/mol. The summed E-state index contributed by atoms with van der Waals surface area (Å²) in [6.07, 6.45) is 0. The second-order valence-electron chi connectivity index (χ2n) is 6.81. The Kier molecular flexibility index (Phi) is 6.28. The number of pyridine rings is 1. The zero-order valence-electron chi connectivity index (χ0n) is 14.5. The van der Waals surface area contributed by atoms with E-state index in [4.69, 9.17) is 14.9 Å². The van der Waals surface area contributed by atoms with Crippen molar-refractivity contribution in [2.24, 2.45) is 5.73 Å². The van der Waals surface area contributed by atoms with Crippen molar-refractivity contribution in [1.82, 2.24) is 4.98 Å². The van der Waals surface area contributed by atoms with Gasteiger partial charge in [-0.25, -0.2) is 4.79 Å². The first-order chi connectivity index (χ1) is 10.1. The van der Waals surface area contributed by atoms with Gasteiger partial charge in [-0.1, -0.05) is 20.8 Å². The van der Waals surface area contributed by atoms with Crippen LogP contribution < -0.4 is 5.73 Å². The lowest BCUT2D eigenvalue weighted by atomic mass is 10.2. The summed E-state index contributed by atoms with van der Waals surface area (Å²) < 4.78 is 11.2. The number of nitrogens with zero attached hydrogens (tertiary/aromatic N) is 1. The molecule has 1 rings (SSSR count). The van der Waals surface area contributed by atoms with E-state index in [-0.39, 0.29) is 17.6 Å². The number of aromatic nitrogens is 1. The molecule has 0 unspecified atom stereocenters. The number of carbonyl (C=O) groups excluding carboxylic acids is 1. The standard InChI is InChI=1S/C16H28N2O3Si/c1-7-20-15(19)12-8-13(10-17)18-14(9-12)11-21-22(5,6)16(2,3)4/h8-9H,7,10-11,17H2,1-6H3. The lowest BCUT2D eigenvalue weighted by Crippen LogP contribution is -2.40. The van der Waals surface area contributed by atoms with E-state index in [1.165, 1.54) is 0 Å². The molecule has 2 N–H and O–H groups in total. The predicted octanol–water partition coefficient (Wildman–Crippen LogP) is 3.24. The van der Waals surface area contributed by atoms with E-state index in [1.807, 2.05) is 0 Å². The smallest absolute Gasteiger partial charge is 0.338 e. The molecule has 0 saturated heterocycles. The summed E-state index contributed by atoms with van der Waals surface area (Å²) in [5.41, 5.74) is 7.53. The molecule has 0 radical (unpaired) electrons. The van der Waals surface area contributed by atoms with E-state index in [0.29, 0.717) is 24.5 Å². The van der Waals surface area contributed by atoms with Gasteiger partial charge in [0.05, 0.1) is 30.2 Å². The summed E-state index contributed by atoms with van der Waals surface area (Å²) in [5, 5.41) is 0.127. The molecule has 0 aliphatic rings. The first-order valence-electron chi connectivity index (χ1n) is 7.61. The maximum atomic E-state index is 11.9. The van der Waals surface area contributed by atoms with Gasteiger partial charge in [0.2, 0.25) is 0 Å². The van der Waals surface area contributed by atoms with Crippen molar-refractivity contribution < 1.29 is 14.0 Å². The average molecular weight is 324 g/mol. The molecular weight excluding hydrogens is 296 g/mol. The van der Waals surface area contributed by atoms with Gasteiger partial charge in [0.25, 0.3) is 0 Å². The lowest BCUT2D eigenvalue weighted by molar-refractivity contribution is 0.0526. The number of hydrogen-bond donors (Lipinski definition) is 1. The summed E-state index contributed by atoms with van der Waals surface area (Å²) in [5.74, 6) is -0.354. The topological polar surface area (TPSA) is 74.4 Å². The van der Waals surface area contributed by atoms with Gasteiger partial charge in [-0.3, -0.25) is 4.98 Å². The van der Waals surface area contributed by atoms with Gasteiger partial charge in [-0.15, -0.1) is 0 Å². The Balaban J connectivity index is 2.95. The number of nitrogens with two attached hydrogens (primary N) is 1. The summed E-state index contributed by atoms with van der Waals surface area (Å²) in [6, 6.07) is 3.40. The lowest BCUT2D eigenvalue weighted by Gasteiger charge is -2.36. The van der Waals surface area contributed by atoms with Crippen LogP contribution in [0.1, 0.15) is 49.4 Å². The van der Waals surface area contributed by atoms with Crippen LogP contribution in [0.4, 0.5) is 0 Å². The third-order valence-electron chi connectivity index (χ3n) is 4.04. The number of rotatable bonds is 6. The maximum absolute atomic E-state index is 11.9. The summed E-state index contributed by atoms with van der Waals surface area (Å²) in [4.78, 5) is 16.3. The van der Waals surface area contributed by atoms with Gasteiger partial charge in [0.1, 0.15) is 0 Å². The van der Waals surface area contributed by atoms with E-state index in [9.17, 15) is 4.79 Å². The highest BCUT2D eigenvalue weighted by Gasteiger charge is 2.37. The largest absolute Gasteiger partial charge is 0.462 e. The Hall–Kier alpha value is -1.24. The minimum Gasteiger partial charge on any atom is -0.462 e. The van der Waals surface area contributed by atoms with Crippen LogP contribution in [0, 0.1) is 0 Å². The third-order valence-corrected chi connectivity index (χ3v) is 8.52. The fourth-order valence-electron chi connectivity index (χ4n) is 1.63. The molecule has 124 valence electrons. The van der Waals surface area contributed by atoms with E-state index in [1.54, 1.807) is 19.1 Å². The molecule has 1 aromatic rings. The molecule has 1 aromatic heterocycles. The Morgan fingerprint density at radius 1 is 1.27 bits per heavy atom. The zero-order valence-corrected chi connectivity index (χ0v) is 15.5. The second kappa shape index (κ2) is 7.35. The van der Waals surface area contributed by atoms with Gasteiger partial charge < -0.3 is 14.9 Å². The number of carbonyl (C=O) groups is 1. The van der Waals surface area contributed by atoms with Crippen LogP contribution in [0.5, 0.6) is 0 Å². The Bertz CT molecular complexity index is 525. The summed E-state index contributed by atoms with van der Waals surface area (Å²) in [7, 11) is -1.86. The molecule has 0 spiro atoms. The SMILES string of the molecule is CCOC(=O)c1cc(CN)nc(CO[Si](C)(C)C(C)(C)C)c1. The molecule has 22 heavy (non-hydrogen) atoms. The Morgan fingerprint density at radius 3 is 2.36 bits per heavy atom. The van der Waals surface area contributed by atoms with Gasteiger partial charge in [-0.05, 0) is 37.2 Å². The molecule has 0 amide bonds. The van der Waals surface area contributed by atoms with Gasteiger partial charge in [0, 0.05) is 6.54 Å². The molecule has 6 heteroatoms. The number of hydrogen-bond acceptors (Lipinski definition) is 5.